The Morgan fingerprint density at radius 3 is 2.60 bits per heavy atom. The molecule has 0 aromatic heterocycles. The summed E-state index contributed by atoms with van der Waals surface area (Å²) in [5, 5.41) is 0. The van der Waals surface area contributed by atoms with E-state index in [1.807, 2.05) is 0 Å². The summed E-state index contributed by atoms with van der Waals surface area (Å²) >= 11 is 6.41. The molecule has 0 saturated heterocycles. The molecule has 0 atom stereocenters. The molecule has 0 spiro atoms. The van der Waals surface area contributed by atoms with Gasteiger partial charge in [-0.2, -0.15) is 0 Å². The highest BCUT2D eigenvalue weighted by atomic mass is 79.9. The Balaban J connectivity index is 3.15. The van der Waals surface area contributed by atoms with Crippen LogP contribution in [0.15, 0.2) is 21.1 Å². The maximum absolute atomic E-state index is 11.5. The van der Waals surface area contributed by atoms with E-state index in [1.54, 1.807) is 19.1 Å². The predicted octanol–water partition coefficient (Wildman–Crippen LogP) is 3.20. The van der Waals surface area contributed by atoms with Crippen LogP contribution in [0.2, 0.25) is 0 Å². The van der Waals surface area contributed by atoms with Crippen molar-refractivity contribution in [3.05, 3.63) is 32.2 Å². The van der Waals surface area contributed by atoms with E-state index < -0.39 is 5.97 Å². The van der Waals surface area contributed by atoms with E-state index in [1.165, 1.54) is 0 Å². The zero-order valence-electron chi connectivity index (χ0n) is 7.92. The van der Waals surface area contributed by atoms with Crippen molar-refractivity contribution in [2.75, 3.05) is 6.61 Å². The number of halogens is 2. The van der Waals surface area contributed by atoms with E-state index in [2.05, 4.69) is 31.9 Å². The van der Waals surface area contributed by atoms with Crippen molar-refractivity contribution in [2.45, 2.75) is 6.92 Å². The van der Waals surface area contributed by atoms with E-state index in [-0.39, 0.29) is 0 Å². The first-order valence-corrected chi connectivity index (χ1v) is 5.80. The highest BCUT2D eigenvalue weighted by Gasteiger charge is 2.13. The molecule has 0 fully saturated rings. The fourth-order valence-electron chi connectivity index (χ4n) is 1.02. The van der Waals surface area contributed by atoms with Gasteiger partial charge in [0.25, 0.3) is 0 Å². The number of hydrogen-bond acceptors (Lipinski definition) is 3. The van der Waals surface area contributed by atoms with Crippen molar-refractivity contribution < 1.29 is 14.3 Å². The molecule has 0 saturated carbocycles. The minimum Gasteiger partial charge on any atom is -0.462 e. The molecule has 1 aromatic carbocycles. The molecule has 0 aliphatic rings. The number of ether oxygens (including phenoxy) is 1. The monoisotopic (exact) mass is 334 g/mol. The fourth-order valence-corrected chi connectivity index (χ4v) is 1.98. The smallest absolute Gasteiger partial charge is 0.339 e. The Hall–Kier alpha value is -0.680. The Kier molecular flexibility index (Phi) is 4.47. The maximum Gasteiger partial charge on any atom is 0.339 e. The molecular weight excluding hydrogens is 328 g/mol. The molecule has 0 aliphatic carbocycles. The van der Waals surface area contributed by atoms with Crippen LogP contribution in [0.1, 0.15) is 27.6 Å². The second-order valence-electron chi connectivity index (χ2n) is 2.69. The number of carbonyl (C=O) groups is 2. The third-order valence-electron chi connectivity index (χ3n) is 1.71. The standard InChI is InChI=1S/C10H8Br2O3/c1-2-15-10(14)7-4-8(11)6(5-13)3-9(7)12/h3-5H,2H2,1H3. The van der Waals surface area contributed by atoms with Gasteiger partial charge in [0.1, 0.15) is 0 Å². The topological polar surface area (TPSA) is 43.4 Å². The molecule has 5 heteroatoms. The van der Waals surface area contributed by atoms with Gasteiger partial charge in [-0.25, -0.2) is 4.79 Å². The molecular formula is C10H8Br2O3. The average Bonchev–Trinajstić information content (AvgIpc) is 2.21. The van der Waals surface area contributed by atoms with E-state index in [0.29, 0.717) is 33.0 Å². The van der Waals surface area contributed by atoms with Gasteiger partial charge in [0.2, 0.25) is 0 Å². The van der Waals surface area contributed by atoms with E-state index in [4.69, 9.17) is 4.74 Å². The Bertz CT molecular complexity index is 402. The van der Waals surface area contributed by atoms with Gasteiger partial charge in [0, 0.05) is 14.5 Å². The lowest BCUT2D eigenvalue weighted by Gasteiger charge is -2.06. The van der Waals surface area contributed by atoms with Gasteiger partial charge in [-0.15, -0.1) is 0 Å². The van der Waals surface area contributed by atoms with Crippen molar-refractivity contribution >= 4 is 44.1 Å². The molecule has 0 radical (unpaired) electrons. The average molecular weight is 336 g/mol. The minimum absolute atomic E-state index is 0.318. The van der Waals surface area contributed by atoms with Crippen LogP contribution in [0.25, 0.3) is 0 Å². The molecule has 0 bridgehead atoms. The van der Waals surface area contributed by atoms with Crippen LogP contribution >= 0.6 is 31.9 Å². The van der Waals surface area contributed by atoms with Crippen LogP contribution in [0.3, 0.4) is 0 Å². The molecule has 1 aromatic rings. The van der Waals surface area contributed by atoms with Crippen LogP contribution in [0, 0.1) is 0 Å². The Labute approximate surface area is 104 Å². The summed E-state index contributed by atoms with van der Waals surface area (Å²) in [7, 11) is 0. The summed E-state index contributed by atoms with van der Waals surface area (Å²) in [5.41, 5.74) is 0.879. The van der Waals surface area contributed by atoms with Crippen LogP contribution in [0.5, 0.6) is 0 Å². The number of aldehydes is 1. The molecule has 0 N–H and O–H groups in total. The zero-order valence-corrected chi connectivity index (χ0v) is 11.1. The van der Waals surface area contributed by atoms with E-state index in [9.17, 15) is 9.59 Å². The third kappa shape index (κ3) is 2.89. The highest BCUT2D eigenvalue weighted by molar-refractivity contribution is 9.11. The first-order chi connectivity index (χ1) is 7.10. The second-order valence-corrected chi connectivity index (χ2v) is 4.40. The molecule has 3 nitrogen and oxygen atoms in total. The number of rotatable bonds is 3. The number of carbonyl (C=O) groups excluding carboxylic acids is 2. The lowest BCUT2D eigenvalue weighted by Crippen LogP contribution is -2.06. The SMILES string of the molecule is CCOC(=O)c1cc(Br)c(C=O)cc1Br. The minimum atomic E-state index is -0.414. The highest BCUT2D eigenvalue weighted by Crippen LogP contribution is 2.25. The van der Waals surface area contributed by atoms with Crippen molar-refractivity contribution in [1.82, 2.24) is 0 Å². The summed E-state index contributed by atoms with van der Waals surface area (Å²) in [6.45, 7) is 2.05. The number of benzene rings is 1. The summed E-state index contributed by atoms with van der Waals surface area (Å²) < 4.78 is 5.98. The quantitative estimate of drug-likeness (QED) is 0.629. The normalized spacial score (nSPS) is 9.80. The van der Waals surface area contributed by atoms with Crippen LogP contribution < -0.4 is 0 Å². The van der Waals surface area contributed by atoms with Crippen molar-refractivity contribution in [3.63, 3.8) is 0 Å². The number of hydrogen-bond donors (Lipinski definition) is 0. The molecule has 0 amide bonds. The zero-order chi connectivity index (χ0) is 11.4. The lowest BCUT2D eigenvalue weighted by atomic mass is 10.1. The molecule has 1 rings (SSSR count). The van der Waals surface area contributed by atoms with Crippen molar-refractivity contribution in [2.24, 2.45) is 0 Å². The van der Waals surface area contributed by atoms with Crippen molar-refractivity contribution in [1.29, 1.82) is 0 Å². The fraction of sp³-hybridized carbons (Fsp3) is 0.200. The van der Waals surface area contributed by atoms with Crippen LogP contribution in [0.4, 0.5) is 0 Å². The lowest BCUT2D eigenvalue weighted by molar-refractivity contribution is 0.0525. The van der Waals surface area contributed by atoms with Gasteiger partial charge in [-0.05, 0) is 35.0 Å². The molecule has 0 unspecified atom stereocenters. The van der Waals surface area contributed by atoms with E-state index in [0.717, 1.165) is 0 Å². The van der Waals surface area contributed by atoms with Crippen molar-refractivity contribution in [3.8, 4) is 0 Å². The largest absolute Gasteiger partial charge is 0.462 e. The third-order valence-corrected chi connectivity index (χ3v) is 3.05. The second kappa shape index (κ2) is 5.42. The van der Waals surface area contributed by atoms with Gasteiger partial charge >= 0.3 is 5.97 Å². The molecule has 15 heavy (non-hydrogen) atoms. The Morgan fingerprint density at radius 1 is 1.40 bits per heavy atom. The number of esters is 1. The summed E-state index contributed by atoms with van der Waals surface area (Å²) in [4.78, 5) is 22.1. The van der Waals surface area contributed by atoms with Crippen LogP contribution in [-0.2, 0) is 4.74 Å². The summed E-state index contributed by atoms with van der Waals surface area (Å²) in [6.07, 6.45) is 0.712. The Morgan fingerprint density at radius 2 is 2.07 bits per heavy atom. The molecule has 0 heterocycles. The maximum atomic E-state index is 11.5. The van der Waals surface area contributed by atoms with Gasteiger partial charge < -0.3 is 4.74 Å². The van der Waals surface area contributed by atoms with Crippen LogP contribution in [-0.4, -0.2) is 18.9 Å². The summed E-state index contributed by atoms with van der Waals surface area (Å²) in [6, 6.07) is 3.13. The first-order valence-electron chi connectivity index (χ1n) is 4.21. The molecule has 0 aliphatic heterocycles. The predicted molar refractivity (Wildman–Crippen MR) is 63.2 cm³/mol. The first kappa shape index (κ1) is 12.4. The molecule has 80 valence electrons. The van der Waals surface area contributed by atoms with E-state index >= 15 is 0 Å². The van der Waals surface area contributed by atoms with Gasteiger partial charge in [-0.1, -0.05) is 15.9 Å². The van der Waals surface area contributed by atoms with Gasteiger partial charge in [0.05, 0.1) is 12.2 Å². The summed E-state index contributed by atoms with van der Waals surface area (Å²) in [5.74, 6) is -0.414. The van der Waals surface area contributed by atoms with Gasteiger partial charge in [-0.3, -0.25) is 4.79 Å². The van der Waals surface area contributed by atoms with Gasteiger partial charge in [0.15, 0.2) is 6.29 Å².